The van der Waals surface area contributed by atoms with Crippen LogP contribution in [-0.2, 0) is 14.2 Å². The molecule has 2 N–H and O–H groups in total. The SMILES string of the molecule is CC(=O)Nc1c(F)c(F)c(F)c2c(SOOO)c(F)c(F)c(F)c12. The molecule has 0 aliphatic heterocycles. The fourth-order valence-corrected chi connectivity index (χ4v) is 2.47. The van der Waals surface area contributed by atoms with Gasteiger partial charge in [0.25, 0.3) is 0 Å². The van der Waals surface area contributed by atoms with Gasteiger partial charge in [0.05, 0.1) is 28.0 Å². The number of halogens is 6. The molecule has 0 heterocycles. The van der Waals surface area contributed by atoms with Gasteiger partial charge in [-0.05, 0) is 0 Å². The number of anilines is 1. The summed E-state index contributed by atoms with van der Waals surface area (Å²) in [4.78, 5) is 9.86. The van der Waals surface area contributed by atoms with Crippen LogP contribution in [0, 0.1) is 34.9 Å². The summed E-state index contributed by atoms with van der Waals surface area (Å²) >= 11 is -0.340. The first kappa shape index (κ1) is 18.3. The molecule has 0 aromatic heterocycles. The Bertz CT molecular complexity index is 847. The van der Waals surface area contributed by atoms with Gasteiger partial charge < -0.3 is 5.32 Å². The summed E-state index contributed by atoms with van der Waals surface area (Å²) in [6.07, 6.45) is 0. The fourth-order valence-electron chi connectivity index (χ4n) is 1.93. The lowest BCUT2D eigenvalue weighted by atomic mass is 10.1. The third kappa shape index (κ3) is 2.88. The number of hydrogen-bond donors (Lipinski definition) is 2. The number of benzene rings is 2. The number of fused-ring (bicyclic) bond motifs is 1. The highest BCUT2D eigenvalue weighted by atomic mass is 32.2. The predicted octanol–water partition coefficient (Wildman–Crippen LogP) is 4.06. The maximum Gasteiger partial charge on any atom is 0.221 e. The highest BCUT2D eigenvalue weighted by Gasteiger charge is 2.31. The Hall–Kier alpha value is -2.02. The van der Waals surface area contributed by atoms with E-state index >= 15 is 0 Å². The van der Waals surface area contributed by atoms with E-state index in [-0.39, 0.29) is 12.0 Å². The largest absolute Gasteiger partial charge is 0.323 e. The zero-order valence-electron chi connectivity index (χ0n) is 11.3. The first-order chi connectivity index (χ1) is 11.2. The topological polar surface area (TPSA) is 67.8 Å². The minimum absolute atomic E-state index is 0.340. The molecule has 12 heteroatoms. The highest BCUT2D eigenvalue weighted by molar-refractivity contribution is 7.94. The van der Waals surface area contributed by atoms with Crippen LogP contribution in [0.3, 0.4) is 0 Å². The van der Waals surface area contributed by atoms with E-state index < -0.39 is 62.2 Å². The molecule has 0 saturated heterocycles. The summed E-state index contributed by atoms with van der Waals surface area (Å²) in [7, 11) is 0. The minimum Gasteiger partial charge on any atom is -0.323 e. The van der Waals surface area contributed by atoms with Crippen LogP contribution in [0.1, 0.15) is 6.92 Å². The maximum atomic E-state index is 14.0. The van der Waals surface area contributed by atoms with Gasteiger partial charge >= 0.3 is 0 Å². The molecule has 2 rings (SSSR count). The van der Waals surface area contributed by atoms with E-state index in [9.17, 15) is 31.1 Å². The normalized spacial score (nSPS) is 11.2. The number of rotatable bonds is 4. The minimum atomic E-state index is -2.18. The summed E-state index contributed by atoms with van der Waals surface area (Å²) in [5.41, 5.74) is -1.24. The Morgan fingerprint density at radius 3 is 2.00 bits per heavy atom. The van der Waals surface area contributed by atoms with Crippen LogP contribution >= 0.6 is 12.0 Å². The monoisotopic (exact) mass is 373 g/mol. The molecule has 2 aromatic rings. The Kier molecular flexibility index (Phi) is 5.22. The first-order valence-corrected chi connectivity index (χ1v) is 6.55. The molecule has 1 amide bonds. The van der Waals surface area contributed by atoms with Crippen molar-refractivity contribution in [3.63, 3.8) is 0 Å². The summed E-state index contributed by atoms with van der Waals surface area (Å²) < 4.78 is 86.8. The van der Waals surface area contributed by atoms with Crippen molar-refractivity contribution < 1.29 is 45.8 Å². The highest BCUT2D eigenvalue weighted by Crippen LogP contribution is 2.42. The molecule has 0 spiro atoms. The van der Waals surface area contributed by atoms with Gasteiger partial charge in [-0.1, -0.05) is 5.04 Å². The Morgan fingerprint density at radius 2 is 1.46 bits per heavy atom. The molecule has 130 valence electrons. The van der Waals surface area contributed by atoms with Crippen molar-refractivity contribution in [2.24, 2.45) is 0 Å². The van der Waals surface area contributed by atoms with Crippen LogP contribution < -0.4 is 5.32 Å². The van der Waals surface area contributed by atoms with Crippen molar-refractivity contribution in [1.82, 2.24) is 0 Å². The molecule has 0 aliphatic rings. The van der Waals surface area contributed by atoms with Crippen LogP contribution in [0.2, 0.25) is 0 Å². The second kappa shape index (κ2) is 6.84. The zero-order valence-corrected chi connectivity index (χ0v) is 12.2. The van der Waals surface area contributed by atoms with Crippen LogP contribution in [0.25, 0.3) is 10.8 Å². The molecule has 0 aliphatic carbocycles. The average Bonchev–Trinajstić information content (AvgIpc) is 2.53. The molecule has 0 radical (unpaired) electrons. The van der Waals surface area contributed by atoms with Crippen molar-refractivity contribution in [3.05, 3.63) is 34.9 Å². The molecular formula is C12H5F6NO4S. The van der Waals surface area contributed by atoms with Crippen LogP contribution in [0.15, 0.2) is 4.90 Å². The summed E-state index contributed by atoms with van der Waals surface area (Å²) in [5.74, 6) is -13.5. The van der Waals surface area contributed by atoms with Gasteiger partial charge in [0.2, 0.25) is 5.91 Å². The van der Waals surface area contributed by atoms with Crippen LogP contribution in [0.4, 0.5) is 32.0 Å². The molecule has 0 fully saturated rings. The van der Waals surface area contributed by atoms with Crippen molar-refractivity contribution in [1.29, 1.82) is 0 Å². The van der Waals surface area contributed by atoms with Crippen molar-refractivity contribution in [3.8, 4) is 0 Å². The van der Waals surface area contributed by atoms with E-state index in [1.807, 2.05) is 0 Å². The molecule has 2 aromatic carbocycles. The van der Waals surface area contributed by atoms with Gasteiger partial charge in [-0.25, -0.2) is 31.6 Å². The fraction of sp³-hybridized carbons (Fsp3) is 0.0833. The van der Waals surface area contributed by atoms with E-state index in [0.717, 1.165) is 6.92 Å². The number of hydrogen-bond acceptors (Lipinski definition) is 5. The third-order valence-electron chi connectivity index (χ3n) is 2.80. The lowest BCUT2D eigenvalue weighted by Gasteiger charge is -2.15. The molecule has 0 bridgehead atoms. The smallest absolute Gasteiger partial charge is 0.221 e. The Balaban J connectivity index is 3.03. The van der Waals surface area contributed by atoms with Crippen molar-refractivity contribution >= 4 is 34.4 Å². The summed E-state index contributed by atoms with van der Waals surface area (Å²) in [6, 6.07) is 0. The molecule has 0 unspecified atom stereocenters. The van der Waals surface area contributed by atoms with E-state index in [2.05, 4.69) is 9.37 Å². The number of carbonyl (C=O) groups excluding carboxylic acids is 1. The van der Waals surface area contributed by atoms with Gasteiger partial charge in [0.1, 0.15) is 0 Å². The van der Waals surface area contributed by atoms with Gasteiger partial charge in [0, 0.05) is 12.3 Å². The van der Waals surface area contributed by atoms with E-state index in [1.165, 1.54) is 0 Å². The number of carbonyl (C=O) groups is 1. The zero-order chi connectivity index (χ0) is 18.2. The summed E-state index contributed by atoms with van der Waals surface area (Å²) in [5, 5.41) is 10.3. The van der Waals surface area contributed by atoms with E-state index in [0.29, 0.717) is 0 Å². The molecule has 0 atom stereocenters. The predicted molar refractivity (Wildman–Crippen MR) is 68.7 cm³/mol. The van der Waals surface area contributed by atoms with Gasteiger partial charge in [-0.2, -0.15) is 0 Å². The Labute approximate surface area is 133 Å². The molecule has 0 saturated carbocycles. The molecular weight excluding hydrogens is 368 g/mol. The number of nitrogens with one attached hydrogen (secondary N) is 1. The summed E-state index contributed by atoms with van der Waals surface area (Å²) in [6.45, 7) is 0.836. The van der Waals surface area contributed by atoms with Gasteiger partial charge in [-0.15, -0.1) is 4.33 Å². The van der Waals surface area contributed by atoms with Crippen molar-refractivity contribution in [2.75, 3.05) is 5.32 Å². The molecule has 5 nitrogen and oxygen atoms in total. The van der Waals surface area contributed by atoms with Crippen LogP contribution in [0.5, 0.6) is 0 Å². The Morgan fingerprint density at radius 1 is 0.917 bits per heavy atom. The van der Waals surface area contributed by atoms with Gasteiger partial charge in [-0.3, -0.25) is 4.79 Å². The maximum absolute atomic E-state index is 14.0. The second-order valence-electron chi connectivity index (χ2n) is 4.25. The second-order valence-corrected chi connectivity index (χ2v) is 4.96. The standard InChI is InChI=1S/C12H5F6NO4S/c1-2(20)19-11-3-4(6(14)7(15)9(11)17)12(24-23-22-21)10(18)8(16)5(3)13/h21H,1H3,(H,19,20). The lowest BCUT2D eigenvalue weighted by molar-refractivity contribution is -0.432. The molecule has 24 heavy (non-hydrogen) atoms. The van der Waals surface area contributed by atoms with Crippen molar-refractivity contribution in [2.45, 2.75) is 11.8 Å². The lowest BCUT2D eigenvalue weighted by Crippen LogP contribution is -2.12. The van der Waals surface area contributed by atoms with Crippen LogP contribution in [-0.4, -0.2) is 11.2 Å². The third-order valence-corrected chi connectivity index (χ3v) is 3.48. The number of amides is 1. The average molecular weight is 373 g/mol. The van der Waals surface area contributed by atoms with E-state index in [1.54, 1.807) is 5.32 Å². The first-order valence-electron chi connectivity index (χ1n) is 5.81. The van der Waals surface area contributed by atoms with Gasteiger partial charge in [0.15, 0.2) is 34.9 Å². The van der Waals surface area contributed by atoms with E-state index in [4.69, 9.17) is 5.26 Å². The quantitative estimate of drug-likeness (QED) is 0.278.